The highest BCUT2D eigenvalue weighted by Crippen LogP contribution is 2.36. The van der Waals surface area contributed by atoms with Gasteiger partial charge in [-0.05, 0) is 75.4 Å². The molecule has 1 fully saturated rings. The molecule has 1 aromatic carbocycles. The number of nitrogens with zero attached hydrogens (tertiary/aromatic N) is 4. The third kappa shape index (κ3) is 5.33. The van der Waals surface area contributed by atoms with E-state index in [1.807, 2.05) is 56.3 Å². The highest BCUT2D eigenvalue weighted by atomic mass is 16.2. The average Bonchev–Trinajstić information content (AvgIpc) is 3.12. The lowest BCUT2D eigenvalue weighted by atomic mass is 9.74. The molecular weight excluding hydrogens is 410 g/mol. The summed E-state index contributed by atoms with van der Waals surface area (Å²) in [4.78, 5) is 20.1. The van der Waals surface area contributed by atoms with Crippen molar-refractivity contribution in [1.29, 1.82) is 0 Å². The van der Waals surface area contributed by atoms with Crippen molar-refractivity contribution >= 4 is 5.91 Å². The molecule has 3 heterocycles. The molecule has 0 aliphatic carbocycles. The second-order valence-electron chi connectivity index (χ2n) is 9.71. The van der Waals surface area contributed by atoms with Crippen LogP contribution >= 0.6 is 0 Å². The Kier molecular flexibility index (Phi) is 6.94. The van der Waals surface area contributed by atoms with E-state index in [0.717, 1.165) is 44.5 Å². The number of nitrogens with one attached hydrogen (secondary N) is 1. The van der Waals surface area contributed by atoms with Gasteiger partial charge in [0.05, 0.1) is 11.6 Å². The lowest BCUT2D eigenvalue weighted by Crippen LogP contribution is -2.54. The maximum atomic E-state index is 13.5. The first-order valence-electron chi connectivity index (χ1n) is 11.9. The Hall–Kier alpha value is -2.99. The molecule has 1 saturated heterocycles. The first-order valence-corrected chi connectivity index (χ1v) is 11.9. The number of hydrogen-bond acceptors (Lipinski definition) is 4. The van der Waals surface area contributed by atoms with Gasteiger partial charge in [0.1, 0.15) is 0 Å². The van der Waals surface area contributed by atoms with Crippen molar-refractivity contribution in [2.45, 2.75) is 52.6 Å². The molecule has 1 N–H and O–H groups in total. The molecule has 1 amide bonds. The van der Waals surface area contributed by atoms with Gasteiger partial charge in [0.15, 0.2) is 0 Å². The minimum atomic E-state index is -0.434. The van der Waals surface area contributed by atoms with E-state index in [9.17, 15) is 4.79 Å². The molecule has 1 atom stereocenters. The van der Waals surface area contributed by atoms with E-state index < -0.39 is 5.41 Å². The largest absolute Gasteiger partial charge is 0.353 e. The number of benzene rings is 1. The number of carbonyl (C=O) groups is 1. The summed E-state index contributed by atoms with van der Waals surface area (Å²) in [6.07, 6.45) is 8.24. The third-order valence-electron chi connectivity index (χ3n) is 6.80. The number of pyridine rings is 1. The lowest BCUT2D eigenvalue weighted by Gasteiger charge is -2.42. The Labute approximate surface area is 197 Å². The van der Waals surface area contributed by atoms with Crippen LogP contribution in [-0.2, 0) is 24.8 Å². The van der Waals surface area contributed by atoms with Crippen molar-refractivity contribution in [2.24, 2.45) is 12.5 Å². The number of hydrogen-bond donors (Lipinski definition) is 1. The fraction of sp³-hybridized carbons (Fsp3) is 0.444. The van der Waals surface area contributed by atoms with E-state index >= 15 is 0 Å². The summed E-state index contributed by atoms with van der Waals surface area (Å²) in [6.45, 7) is 8.77. The Bertz CT molecular complexity index is 1070. The van der Waals surface area contributed by atoms with Gasteiger partial charge < -0.3 is 5.32 Å². The molecule has 2 aromatic heterocycles. The number of aryl methyl sites for hydroxylation is 1. The Morgan fingerprint density at radius 1 is 1.12 bits per heavy atom. The zero-order chi connectivity index (χ0) is 23.4. The molecule has 4 rings (SSSR count). The SMILES string of the molecule is Cc1c(CN2CCC[C@](Cc3ccc(-c4ccncc4)cc3)(C(=O)NC(C)C)C2)cnn1C. The van der Waals surface area contributed by atoms with E-state index in [1.165, 1.54) is 22.4 Å². The van der Waals surface area contributed by atoms with Gasteiger partial charge in [-0.3, -0.25) is 19.4 Å². The van der Waals surface area contributed by atoms with Gasteiger partial charge >= 0.3 is 0 Å². The molecule has 3 aromatic rings. The van der Waals surface area contributed by atoms with Gasteiger partial charge in [0.2, 0.25) is 5.91 Å². The number of aromatic nitrogens is 3. The van der Waals surface area contributed by atoms with Crippen molar-refractivity contribution in [3.8, 4) is 11.1 Å². The van der Waals surface area contributed by atoms with Crippen LogP contribution in [0.15, 0.2) is 55.0 Å². The molecule has 1 aliphatic heterocycles. The summed E-state index contributed by atoms with van der Waals surface area (Å²) < 4.78 is 1.92. The van der Waals surface area contributed by atoms with E-state index in [0.29, 0.717) is 0 Å². The van der Waals surface area contributed by atoms with Crippen LogP contribution in [0.3, 0.4) is 0 Å². The van der Waals surface area contributed by atoms with Gasteiger partial charge in [-0.2, -0.15) is 5.10 Å². The van der Waals surface area contributed by atoms with E-state index in [-0.39, 0.29) is 11.9 Å². The molecule has 1 aliphatic rings. The minimum absolute atomic E-state index is 0.124. The number of amides is 1. The zero-order valence-corrected chi connectivity index (χ0v) is 20.2. The quantitative estimate of drug-likeness (QED) is 0.594. The highest BCUT2D eigenvalue weighted by molar-refractivity contribution is 5.83. The van der Waals surface area contributed by atoms with Crippen molar-refractivity contribution in [3.63, 3.8) is 0 Å². The highest BCUT2D eigenvalue weighted by Gasteiger charge is 2.42. The normalized spacial score (nSPS) is 19.1. The van der Waals surface area contributed by atoms with Gasteiger partial charge in [-0.1, -0.05) is 24.3 Å². The zero-order valence-electron chi connectivity index (χ0n) is 20.2. The van der Waals surface area contributed by atoms with Crippen molar-refractivity contribution in [1.82, 2.24) is 25.0 Å². The standard InChI is InChI=1S/C27H35N5O/c1-20(2)30-26(33)27(12-5-15-32(19-27)18-25-17-29-31(4)21(25)3)16-22-6-8-23(9-7-22)24-10-13-28-14-11-24/h6-11,13-14,17,20H,5,12,15-16,18-19H2,1-4H3,(H,30,33)/t27-/m1/s1. The Balaban J connectivity index is 1.56. The van der Waals surface area contributed by atoms with Crippen molar-refractivity contribution < 1.29 is 4.79 Å². The predicted octanol–water partition coefficient (Wildman–Crippen LogP) is 4.14. The fourth-order valence-electron chi connectivity index (χ4n) is 4.88. The van der Waals surface area contributed by atoms with Crippen LogP contribution in [0.4, 0.5) is 0 Å². The summed E-state index contributed by atoms with van der Waals surface area (Å²) >= 11 is 0. The summed E-state index contributed by atoms with van der Waals surface area (Å²) in [5.74, 6) is 0.170. The number of rotatable bonds is 7. The second-order valence-corrected chi connectivity index (χ2v) is 9.71. The first kappa shape index (κ1) is 23.2. The molecule has 33 heavy (non-hydrogen) atoms. The van der Waals surface area contributed by atoms with Gasteiger partial charge in [-0.15, -0.1) is 0 Å². The fourth-order valence-corrected chi connectivity index (χ4v) is 4.88. The van der Waals surface area contributed by atoms with Crippen molar-refractivity contribution in [2.75, 3.05) is 13.1 Å². The molecule has 6 heteroatoms. The smallest absolute Gasteiger partial charge is 0.228 e. The topological polar surface area (TPSA) is 63.1 Å². The molecular formula is C27H35N5O. The first-order chi connectivity index (χ1) is 15.9. The Morgan fingerprint density at radius 2 is 1.82 bits per heavy atom. The molecule has 0 spiro atoms. The molecule has 174 valence electrons. The van der Waals surface area contributed by atoms with Crippen LogP contribution in [0, 0.1) is 12.3 Å². The van der Waals surface area contributed by atoms with Crippen LogP contribution in [0.25, 0.3) is 11.1 Å². The monoisotopic (exact) mass is 445 g/mol. The van der Waals surface area contributed by atoms with Crippen LogP contribution in [-0.4, -0.2) is 44.7 Å². The maximum Gasteiger partial charge on any atom is 0.228 e. The molecule has 0 radical (unpaired) electrons. The summed E-state index contributed by atoms with van der Waals surface area (Å²) in [5, 5.41) is 7.62. The van der Waals surface area contributed by atoms with E-state index in [1.54, 1.807) is 0 Å². The van der Waals surface area contributed by atoms with Crippen LogP contribution < -0.4 is 5.32 Å². The third-order valence-corrected chi connectivity index (χ3v) is 6.80. The van der Waals surface area contributed by atoms with Crippen LogP contribution in [0.5, 0.6) is 0 Å². The summed E-state index contributed by atoms with van der Waals surface area (Å²) in [7, 11) is 1.98. The Morgan fingerprint density at radius 3 is 2.45 bits per heavy atom. The van der Waals surface area contributed by atoms with Gasteiger partial charge in [0, 0.05) is 49.8 Å². The molecule has 0 saturated carbocycles. The van der Waals surface area contributed by atoms with Gasteiger partial charge in [0.25, 0.3) is 0 Å². The van der Waals surface area contributed by atoms with E-state index in [2.05, 4.69) is 51.5 Å². The second kappa shape index (κ2) is 9.87. The number of piperidine rings is 1. The van der Waals surface area contributed by atoms with Crippen molar-refractivity contribution in [3.05, 3.63) is 71.8 Å². The number of carbonyl (C=O) groups excluding carboxylic acids is 1. The van der Waals surface area contributed by atoms with Crippen LogP contribution in [0.2, 0.25) is 0 Å². The average molecular weight is 446 g/mol. The lowest BCUT2D eigenvalue weighted by molar-refractivity contribution is -0.135. The predicted molar refractivity (Wildman–Crippen MR) is 132 cm³/mol. The number of likely N-dealkylation sites (tertiary alicyclic amines) is 1. The molecule has 6 nitrogen and oxygen atoms in total. The maximum absolute atomic E-state index is 13.5. The molecule has 0 bridgehead atoms. The summed E-state index contributed by atoms with van der Waals surface area (Å²) in [5.41, 5.74) is 5.50. The van der Waals surface area contributed by atoms with E-state index in [4.69, 9.17) is 0 Å². The van der Waals surface area contributed by atoms with Gasteiger partial charge in [-0.25, -0.2) is 0 Å². The summed E-state index contributed by atoms with van der Waals surface area (Å²) in [6, 6.07) is 12.8. The molecule has 0 unspecified atom stereocenters. The minimum Gasteiger partial charge on any atom is -0.353 e. The van der Waals surface area contributed by atoms with Crippen LogP contribution in [0.1, 0.15) is 43.5 Å².